The van der Waals surface area contributed by atoms with Crippen LogP contribution in [-0.4, -0.2) is 6.29 Å². The largest absolute Gasteiger partial charge is 0.302 e. The molecule has 0 aromatic heterocycles. The fraction of sp³-hybridized carbons (Fsp3) is 0.364. The predicted molar refractivity (Wildman–Crippen MR) is 48.1 cm³/mol. The van der Waals surface area contributed by atoms with Crippen molar-refractivity contribution in [2.75, 3.05) is 0 Å². The SMILES string of the molecule is CC1(C=O)CCc2ccc(F)cc21. The second-order valence-electron chi connectivity index (χ2n) is 3.84. The van der Waals surface area contributed by atoms with Crippen molar-refractivity contribution in [3.05, 3.63) is 35.1 Å². The quantitative estimate of drug-likeness (QED) is 0.603. The molecule has 1 aliphatic rings. The highest BCUT2D eigenvalue weighted by molar-refractivity contribution is 5.70. The number of aldehydes is 1. The molecule has 0 N–H and O–H groups in total. The lowest BCUT2D eigenvalue weighted by Gasteiger charge is -2.16. The normalized spacial score (nSPS) is 25.7. The Hall–Kier alpha value is -1.18. The maximum Gasteiger partial charge on any atom is 0.130 e. The van der Waals surface area contributed by atoms with Gasteiger partial charge in [-0.15, -0.1) is 0 Å². The number of hydrogen-bond donors (Lipinski definition) is 0. The fourth-order valence-corrected chi connectivity index (χ4v) is 1.95. The van der Waals surface area contributed by atoms with Gasteiger partial charge in [0.2, 0.25) is 0 Å². The zero-order valence-electron chi connectivity index (χ0n) is 7.51. The van der Waals surface area contributed by atoms with Crippen molar-refractivity contribution < 1.29 is 9.18 Å². The molecule has 1 aromatic carbocycles. The van der Waals surface area contributed by atoms with Crippen LogP contribution in [0.4, 0.5) is 4.39 Å². The first-order chi connectivity index (χ1) is 6.15. The number of fused-ring (bicyclic) bond motifs is 1. The van der Waals surface area contributed by atoms with E-state index in [9.17, 15) is 9.18 Å². The zero-order valence-corrected chi connectivity index (χ0v) is 7.51. The lowest BCUT2D eigenvalue weighted by molar-refractivity contribution is -0.112. The van der Waals surface area contributed by atoms with Gasteiger partial charge >= 0.3 is 0 Å². The summed E-state index contributed by atoms with van der Waals surface area (Å²) in [5, 5.41) is 0. The van der Waals surface area contributed by atoms with Gasteiger partial charge in [-0.05, 0) is 43.0 Å². The van der Waals surface area contributed by atoms with E-state index in [2.05, 4.69) is 0 Å². The van der Waals surface area contributed by atoms with Crippen LogP contribution in [0.1, 0.15) is 24.5 Å². The average Bonchev–Trinajstić information content (AvgIpc) is 2.45. The van der Waals surface area contributed by atoms with Gasteiger partial charge in [0.15, 0.2) is 0 Å². The van der Waals surface area contributed by atoms with E-state index >= 15 is 0 Å². The molecule has 1 atom stereocenters. The zero-order chi connectivity index (χ0) is 9.47. The lowest BCUT2D eigenvalue weighted by atomic mass is 9.86. The summed E-state index contributed by atoms with van der Waals surface area (Å²) in [5.41, 5.74) is 1.51. The summed E-state index contributed by atoms with van der Waals surface area (Å²) in [6.45, 7) is 1.87. The summed E-state index contributed by atoms with van der Waals surface area (Å²) in [5.74, 6) is -0.256. The van der Waals surface area contributed by atoms with Crippen LogP contribution >= 0.6 is 0 Å². The first-order valence-corrected chi connectivity index (χ1v) is 4.41. The summed E-state index contributed by atoms with van der Waals surface area (Å²) < 4.78 is 12.9. The van der Waals surface area contributed by atoms with Crippen molar-refractivity contribution in [2.24, 2.45) is 0 Å². The van der Waals surface area contributed by atoms with Gasteiger partial charge in [0.05, 0.1) is 0 Å². The first-order valence-electron chi connectivity index (χ1n) is 4.41. The molecule has 0 heterocycles. The van der Waals surface area contributed by atoms with Gasteiger partial charge in [-0.1, -0.05) is 6.07 Å². The summed E-state index contributed by atoms with van der Waals surface area (Å²) in [4.78, 5) is 10.9. The molecule has 68 valence electrons. The Morgan fingerprint density at radius 3 is 3.00 bits per heavy atom. The maximum atomic E-state index is 12.9. The maximum absolute atomic E-state index is 12.9. The molecule has 0 spiro atoms. The molecule has 0 bridgehead atoms. The molecular formula is C11H11FO. The lowest BCUT2D eigenvalue weighted by Crippen LogP contribution is -2.19. The fourth-order valence-electron chi connectivity index (χ4n) is 1.95. The molecule has 0 saturated carbocycles. The van der Waals surface area contributed by atoms with Gasteiger partial charge in [-0.2, -0.15) is 0 Å². The minimum Gasteiger partial charge on any atom is -0.302 e. The van der Waals surface area contributed by atoms with E-state index < -0.39 is 5.41 Å². The summed E-state index contributed by atoms with van der Waals surface area (Å²) in [6, 6.07) is 4.71. The minimum absolute atomic E-state index is 0.256. The number of aryl methyl sites for hydroxylation is 1. The van der Waals surface area contributed by atoms with Crippen molar-refractivity contribution in [3.8, 4) is 0 Å². The molecule has 0 fully saturated rings. The molecule has 1 unspecified atom stereocenters. The van der Waals surface area contributed by atoms with Gasteiger partial charge in [0, 0.05) is 5.41 Å². The number of halogens is 1. The molecule has 1 nitrogen and oxygen atoms in total. The second kappa shape index (κ2) is 2.66. The molecule has 0 saturated heterocycles. The summed E-state index contributed by atoms with van der Waals surface area (Å²) >= 11 is 0. The molecule has 0 radical (unpaired) electrons. The van der Waals surface area contributed by atoms with Crippen LogP contribution in [0.5, 0.6) is 0 Å². The standard InChI is InChI=1S/C11H11FO/c1-11(7-13)5-4-8-2-3-9(12)6-10(8)11/h2-3,6-7H,4-5H2,1H3. The summed E-state index contributed by atoms with van der Waals surface area (Å²) in [6.07, 6.45) is 2.61. The highest BCUT2D eigenvalue weighted by atomic mass is 19.1. The van der Waals surface area contributed by atoms with E-state index in [1.807, 2.05) is 6.92 Å². The van der Waals surface area contributed by atoms with Gasteiger partial charge < -0.3 is 4.79 Å². The van der Waals surface area contributed by atoms with Gasteiger partial charge in [0.1, 0.15) is 12.1 Å². The van der Waals surface area contributed by atoms with Crippen molar-refractivity contribution in [2.45, 2.75) is 25.2 Å². The highest BCUT2D eigenvalue weighted by Gasteiger charge is 2.33. The van der Waals surface area contributed by atoms with Crippen molar-refractivity contribution >= 4 is 6.29 Å². The number of carbonyl (C=O) groups excluding carboxylic acids is 1. The summed E-state index contributed by atoms with van der Waals surface area (Å²) in [7, 11) is 0. The Kier molecular flexibility index (Phi) is 1.72. The molecule has 0 aliphatic heterocycles. The van der Waals surface area contributed by atoms with Crippen LogP contribution in [0.25, 0.3) is 0 Å². The minimum atomic E-state index is -0.461. The van der Waals surface area contributed by atoms with Crippen LogP contribution in [-0.2, 0) is 16.6 Å². The third-order valence-corrected chi connectivity index (χ3v) is 2.86. The van der Waals surface area contributed by atoms with Crippen molar-refractivity contribution in [3.63, 3.8) is 0 Å². The van der Waals surface area contributed by atoms with Gasteiger partial charge in [-0.25, -0.2) is 4.39 Å². The van der Waals surface area contributed by atoms with Crippen LogP contribution in [0.2, 0.25) is 0 Å². The molecule has 1 aliphatic carbocycles. The highest BCUT2D eigenvalue weighted by Crippen LogP contribution is 2.37. The molecular weight excluding hydrogens is 167 g/mol. The van der Waals surface area contributed by atoms with Crippen molar-refractivity contribution in [1.29, 1.82) is 0 Å². The van der Waals surface area contributed by atoms with Crippen LogP contribution in [0.15, 0.2) is 18.2 Å². The number of rotatable bonds is 1. The third kappa shape index (κ3) is 1.17. The first kappa shape index (κ1) is 8.42. The molecule has 2 heteroatoms. The Morgan fingerprint density at radius 2 is 2.31 bits per heavy atom. The molecule has 2 rings (SSSR count). The van der Waals surface area contributed by atoms with E-state index in [0.717, 1.165) is 30.3 Å². The van der Waals surface area contributed by atoms with Gasteiger partial charge in [0.25, 0.3) is 0 Å². The van der Waals surface area contributed by atoms with E-state index in [-0.39, 0.29) is 5.82 Å². The third-order valence-electron chi connectivity index (χ3n) is 2.86. The van der Waals surface area contributed by atoms with E-state index in [1.54, 1.807) is 6.07 Å². The Bertz CT molecular complexity index is 359. The monoisotopic (exact) mass is 178 g/mol. The van der Waals surface area contributed by atoms with E-state index in [1.165, 1.54) is 12.1 Å². The Balaban J connectivity index is 2.58. The Morgan fingerprint density at radius 1 is 1.54 bits per heavy atom. The molecule has 0 amide bonds. The van der Waals surface area contributed by atoms with E-state index in [4.69, 9.17) is 0 Å². The number of carbonyl (C=O) groups is 1. The van der Waals surface area contributed by atoms with Gasteiger partial charge in [-0.3, -0.25) is 0 Å². The molecule has 13 heavy (non-hydrogen) atoms. The second-order valence-corrected chi connectivity index (χ2v) is 3.84. The predicted octanol–water partition coefficient (Wildman–Crippen LogP) is 2.23. The van der Waals surface area contributed by atoms with Crippen molar-refractivity contribution in [1.82, 2.24) is 0 Å². The van der Waals surface area contributed by atoms with Crippen LogP contribution in [0, 0.1) is 5.82 Å². The van der Waals surface area contributed by atoms with Crippen LogP contribution < -0.4 is 0 Å². The topological polar surface area (TPSA) is 17.1 Å². The Labute approximate surface area is 76.6 Å². The number of benzene rings is 1. The van der Waals surface area contributed by atoms with E-state index in [0.29, 0.717) is 0 Å². The number of hydrogen-bond acceptors (Lipinski definition) is 1. The average molecular weight is 178 g/mol. The smallest absolute Gasteiger partial charge is 0.130 e. The van der Waals surface area contributed by atoms with Crippen LogP contribution in [0.3, 0.4) is 0 Å². The molecule has 1 aromatic rings.